The van der Waals surface area contributed by atoms with Crippen LogP contribution >= 0.6 is 12.2 Å². The van der Waals surface area contributed by atoms with Gasteiger partial charge >= 0.3 is 6.18 Å². The van der Waals surface area contributed by atoms with Crippen LogP contribution < -0.4 is 10.6 Å². The summed E-state index contributed by atoms with van der Waals surface area (Å²) in [5.41, 5.74) is 4.36. The zero-order chi connectivity index (χ0) is 33.4. The first-order chi connectivity index (χ1) is 21.8. The number of nitrogens with one attached hydrogen (secondary N) is 2. The third kappa shape index (κ3) is 9.17. The third-order valence-electron chi connectivity index (χ3n) is 7.74. The van der Waals surface area contributed by atoms with E-state index in [1.165, 1.54) is 12.1 Å². The SMILES string of the molecule is Cc1ccc(NC(=S)N(Cc2ccccc2C(F)(F)F)C[C@@H](NC(=O)Cc2cncn2Cc2ccc(C#N)cc2)C(C)C)c(C)c1. The fraction of sp³-hybridized carbons (Fsp3) is 0.314. The van der Waals surface area contributed by atoms with Crippen LogP contribution in [0.3, 0.4) is 0 Å². The number of alkyl halides is 3. The van der Waals surface area contributed by atoms with E-state index < -0.39 is 17.8 Å². The molecule has 3 aromatic carbocycles. The van der Waals surface area contributed by atoms with Crippen molar-refractivity contribution in [2.75, 3.05) is 11.9 Å². The highest BCUT2D eigenvalue weighted by atomic mass is 32.1. The molecule has 0 unspecified atom stereocenters. The van der Waals surface area contributed by atoms with Crippen LogP contribution in [-0.2, 0) is 30.5 Å². The number of anilines is 1. The second-order valence-electron chi connectivity index (χ2n) is 11.7. The largest absolute Gasteiger partial charge is 0.416 e. The number of aromatic nitrogens is 2. The number of aryl methyl sites for hydroxylation is 2. The summed E-state index contributed by atoms with van der Waals surface area (Å²) in [4.78, 5) is 19.3. The van der Waals surface area contributed by atoms with E-state index in [-0.39, 0.29) is 42.0 Å². The molecule has 1 atom stereocenters. The molecule has 0 spiro atoms. The first-order valence-electron chi connectivity index (χ1n) is 14.9. The number of benzene rings is 3. The fourth-order valence-electron chi connectivity index (χ4n) is 5.11. The molecule has 0 fully saturated rings. The summed E-state index contributed by atoms with van der Waals surface area (Å²) in [5, 5.41) is 15.6. The number of hydrogen-bond acceptors (Lipinski definition) is 4. The predicted molar refractivity (Wildman–Crippen MR) is 177 cm³/mol. The number of nitriles is 1. The molecular formula is C35H37F3N6OS. The van der Waals surface area contributed by atoms with Crippen LogP contribution in [0, 0.1) is 31.1 Å². The minimum atomic E-state index is -4.53. The smallest absolute Gasteiger partial charge is 0.351 e. The number of imidazole rings is 1. The van der Waals surface area contributed by atoms with Gasteiger partial charge in [-0.05, 0) is 72.9 Å². The van der Waals surface area contributed by atoms with Crippen molar-refractivity contribution < 1.29 is 18.0 Å². The van der Waals surface area contributed by atoms with Crippen molar-refractivity contribution in [3.8, 4) is 6.07 Å². The number of amides is 1. The topological polar surface area (TPSA) is 86.0 Å². The van der Waals surface area contributed by atoms with Crippen molar-refractivity contribution in [3.63, 3.8) is 0 Å². The molecule has 240 valence electrons. The van der Waals surface area contributed by atoms with Crippen molar-refractivity contribution in [1.29, 1.82) is 5.26 Å². The van der Waals surface area contributed by atoms with Gasteiger partial charge in [0.2, 0.25) is 5.91 Å². The Hall–Kier alpha value is -4.69. The Morgan fingerprint density at radius 3 is 2.46 bits per heavy atom. The van der Waals surface area contributed by atoms with Crippen LogP contribution in [0.4, 0.5) is 18.9 Å². The number of carbonyl (C=O) groups excluding carboxylic acids is 1. The van der Waals surface area contributed by atoms with Crippen molar-refractivity contribution >= 4 is 28.9 Å². The summed E-state index contributed by atoms with van der Waals surface area (Å²) in [5.74, 6) is -0.305. The van der Waals surface area contributed by atoms with Gasteiger partial charge < -0.3 is 20.1 Å². The first-order valence-corrected chi connectivity index (χ1v) is 15.3. The molecule has 1 heterocycles. The molecule has 0 saturated carbocycles. The van der Waals surface area contributed by atoms with Crippen LogP contribution in [0.2, 0.25) is 0 Å². The normalized spacial score (nSPS) is 12.0. The molecule has 0 bridgehead atoms. The van der Waals surface area contributed by atoms with Crippen LogP contribution in [0.5, 0.6) is 0 Å². The summed E-state index contributed by atoms with van der Waals surface area (Å²) >= 11 is 5.78. The number of hydrogen-bond donors (Lipinski definition) is 2. The van der Waals surface area contributed by atoms with Gasteiger partial charge in [0.05, 0.1) is 29.9 Å². The van der Waals surface area contributed by atoms with Gasteiger partial charge in [-0.2, -0.15) is 18.4 Å². The Morgan fingerprint density at radius 2 is 1.80 bits per heavy atom. The summed E-state index contributed by atoms with van der Waals surface area (Å²) in [6.45, 7) is 8.35. The number of rotatable bonds is 11. The molecular weight excluding hydrogens is 609 g/mol. The molecule has 11 heteroatoms. The van der Waals surface area contributed by atoms with E-state index in [0.29, 0.717) is 17.8 Å². The summed E-state index contributed by atoms with van der Waals surface area (Å²) in [6.07, 6.45) is -1.19. The molecule has 0 aliphatic carbocycles. The summed E-state index contributed by atoms with van der Waals surface area (Å²) in [7, 11) is 0. The number of halogens is 3. The van der Waals surface area contributed by atoms with E-state index in [9.17, 15) is 18.0 Å². The Labute approximate surface area is 273 Å². The molecule has 0 aliphatic rings. The molecule has 0 radical (unpaired) electrons. The highest BCUT2D eigenvalue weighted by Gasteiger charge is 2.34. The maximum Gasteiger partial charge on any atom is 0.416 e. The molecule has 46 heavy (non-hydrogen) atoms. The zero-order valence-corrected chi connectivity index (χ0v) is 27.0. The van der Waals surface area contributed by atoms with E-state index in [2.05, 4.69) is 21.7 Å². The maximum absolute atomic E-state index is 13.9. The average molecular weight is 647 g/mol. The molecule has 1 aromatic heterocycles. The van der Waals surface area contributed by atoms with Crippen LogP contribution in [0.1, 0.15) is 52.9 Å². The third-order valence-corrected chi connectivity index (χ3v) is 8.10. The molecule has 0 saturated heterocycles. The van der Waals surface area contributed by atoms with Gasteiger partial charge in [0.15, 0.2) is 5.11 Å². The first kappa shape index (κ1) is 34.2. The van der Waals surface area contributed by atoms with E-state index >= 15 is 0 Å². The number of carbonyl (C=O) groups is 1. The van der Waals surface area contributed by atoms with Crippen molar-refractivity contribution in [2.45, 2.75) is 59.4 Å². The second kappa shape index (κ2) is 15.1. The summed E-state index contributed by atoms with van der Waals surface area (Å²) in [6, 6.07) is 20.2. The quantitative estimate of drug-likeness (QED) is 0.170. The molecule has 1 amide bonds. The van der Waals surface area contributed by atoms with Crippen molar-refractivity contribution in [1.82, 2.24) is 19.8 Å². The Balaban J connectivity index is 1.53. The lowest BCUT2D eigenvalue weighted by atomic mass is 10.0. The monoisotopic (exact) mass is 646 g/mol. The zero-order valence-electron chi connectivity index (χ0n) is 26.2. The fourth-order valence-corrected chi connectivity index (χ4v) is 5.36. The average Bonchev–Trinajstić information content (AvgIpc) is 3.43. The van der Waals surface area contributed by atoms with Gasteiger partial charge in [-0.3, -0.25) is 4.79 Å². The lowest BCUT2D eigenvalue weighted by Gasteiger charge is -2.33. The summed E-state index contributed by atoms with van der Waals surface area (Å²) < 4.78 is 43.7. The highest BCUT2D eigenvalue weighted by Crippen LogP contribution is 2.32. The number of thiocarbonyl (C=S) groups is 1. The van der Waals surface area contributed by atoms with E-state index in [1.54, 1.807) is 35.6 Å². The Morgan fingerprint density at radius 1 is 1.09 bits per heavy atom. The Kier molecular flexibility index (Phi) is 11.2. The van der Waals surface area contributed by atoms with Crippen LogP contribution in [-0.4, -0.2) is 38.1 Å². The van der Waals surface area contributed by atoms with Crippen LogP contribution in [0.15, 0.2) is 79.3 Å². The predicted octanol–water partition coefficient (Wildman–Crippen LogP) is 7.02. The van der Waals surface area contributed by atoms with Crippen molar-refractivity contribution in [2.24, 2.45) is 5.92 Å². The minimum absolute atomic E-state index is 0.0572. The molecule has 4 aromatic rings. The van der Waals surface area contributed by atoms with E-state index in [1.807, 2.05) is 62.6 Å². The lowest BCUT2D eigenvalue weighted by Crippen LogP contribution is -2.49. The molecule has 2 N–H and O–H groups in total. The van der Waals surface area contributed by atoms with Gasteiger partial charge in [0, 0.05) is 43.3 Å². The molecule has 4 rings (SSSR count). The second-order valence-corrected chi connectivity index (χ2v) is 12.1. The lowest BCUT2D eigenvalue weighted by molar-refractivity contribution is -0.138. The molecule has 0 aliphatic heterocycles. The standard InChI is InChI=1S/C35H37F3N6OS/c1-23(2)32(41-33(45)16-29-18-40-22-44(29)19-27-12-10-26(17-39)11-13-27)21-43(20-28-7-5-6-8-30(28)35(36,37)38)34(46)42-31-14-9-24(3)15-25(31)4/h5-15,18,22-23,32H,16,19-21H2,1-4H3,(H,41,45)(H,42,46)/t32-/m1/s1. The van der Waals surface area contributed by atoms with E-state index in [0.717, 1.165) is 28.4 Å². The highest BCUT2D eigenvalue weighted by molar-refractivity contribution is 7.80. The van der Waals surface area contributed by atoms with Crippen LogP contribution in [0.25, 0.3) is 0 Å². The van der Waals surface area contributed by atoms with Gasteiger partial charge in [-0.1, -0.05) is 61.9 Å². The van der Waals surface area contributed by atoms with Gasteiger partial charge in [0.25, 0.3) is 0 Å². The van der Waals surface area contributed by atoms with Crippen molar-refractivity contribution in [3.05, 3.63) is 118 Å². The van der Waals surface area contributed by atoms with E-state index in [4.69, 9.17) is 17.5 Å². The van der Waals surface area contributed by atoms with Gasteiger partial charge in [-0.25, -0.2) is 4.98 Å². The van der Waals surface area contributed by atoms with Gasteiger partial charge in [0.1, 0.15) is 0 Å². The Bertz CT molecular complexity index is 1710. The molecule has 7 nitrogen and oxygen atoms in total. The minimum Gasteiger partial charge on any atom is -0.351 e. The number of nitrogens with zero attached hydrogens (tertiary/aromatic N) is 4. The maximum atomic E-state index is 13.9. The van der Waals surface area contributed by atoms with Gasteiger partial charge in [-0.15, -0.1) is 0 Å².